The van der Waals surface area contributed by atoms with Crippen molar-refractivity contribution in [3.63, 3.8) is 0 Å². The van der Waals surface area contributed by atoms with Gasteiger partial charge in [0.15, 0.2) is 0 Å². The number of esters is 2. The van der Waals surface area contributed by atoms with Crippen molar-refractivity contribution in [1.82, 2.24) is 25.1 Å². The predicted molar refractivity (Wildman–Crippen MR) is 180 cm³/mol. The van der Waals surface area contributed by atoms with Crippen LogP contribution in [0.5, 0.6) is 0 Å². The minimum Gasteiger partial charge on any atom is -0.480 e. The molecule has 13 heteroatoms. The van der Waals surface area contributed by atoms with E-state index >= 15 is 0 Å². The number of rotatable bonds is 21. The molecule has 0 heterocycles. The van der Waals surface area contributed by atoms with E-state index in [4.69, 9.17) is 4.74 Å². The molecule has 3 N–H and O–H groups in total. The number of aliphatic carboxylic acids is 1. The summed E-state index contributed by atoms with van der Waals surface area (Å²) in [7, 11) is 2.60. The SMILES string of the molecule is CC.CC.CCCN(CCN(CCN(CCNCC(=O)OC)CC(=O)N(O)CC1=CC=CC(C)(C)C=C1)CC(=O)OC)CC(=O)O. The molecular weight excluding hydrogens is 594 g/mol. The van der Waals surface area contributed by atoms with Gasteiger partial charge in [0.1, 0.15) is 0 Å². The fraction of sp³-hybridized carbons (Fsp3) is 0.697. The molecule has 0 radical (unpaired) electrons. The van der Waals surface area contributed by atoms with E-state index in [1.54, 1.807) is 4.90 Å². The summed E-state index contributed by atoms with van der Waals surface area (Å²) in [5.74, 6) is -2.26. The first-order valence-corrected chi connectivity index (χ1v) is 16.2. The van der Waals surface area contributed by atoms with Crippen molar-refractivity contribution in [2.45, 2.75) is 54.9 Å². The van der Waals surface area contributed by atoms with Gasteiger partial charge in [0, 0.05) is 44.7 Å². The third-order valence-corrected chi connectivity index (χ3v) is 6.59. The lowest BCUT2D eigenvalue weighted by Gasteiger charge is -2.29. The van der Waals surface area contributed by atoms with Gasteiger partial charge >= 0.3 is 17.9 Å². The van der Waals surface area contributed by atoms with Crippen LogP contribution in [0.25, 0.3) is 0 Å². The number of carbonyl (C=O) groups is 4. The third kappa shape index (κ3) is 22.4. The Bertz CT molecular complexity index is 968. The number of nitrogens with zero attached hydrogens (tertiary/aromatic N) is 4. The molecule has 0 saturated carbocycles. The van der Waals surface area contributed by atoms with Crippen molar-refractivity contribution < 1.29 is 39.0 Å². The van der Waals surface area contributed by atoms with Gasteiger partial charge in [-0.3, -0.25) is 39.1 Å². The summed E-state index contributed by atoms with van der Waals surface area (Å²) >= 11 is 0. The van der Waals surface area contributed by atoms with Gasteiger partial charge in [-0.2, -0.15) is 0 Å². The van der Waals surface area contributed by atoms with Crippen LogP contribution in [-0.2, 0) is 28.7 Å². The summed E-state index contributed by atoms with van der Waals surface area (Å²) in [6, 6.07) is 0. The van der Waals surface area contributed by atoms with Crippen LogP contribution in [0.4, 0.5) is 0 Å². The van der Waals surface area contributed by atoms with Crippen LogP contribution in [0.2, 0.25) is 0 Å². The molecule has 1 amide bonds. The summed E-state index contributed by atoms with van der Waals surface area (Å²) in [6.45, 7) is 16.9. The quantitative estimate of drug-likeness (QED) is 0.0722. The van der Waals surface area contributed by atoms with E-state index in [1.807, 2.05) is 74.8 Å². The first-order chi connectivity index (χ1) is 21.9. The van der Waals surface area contributed by atoms with Crippen LogP contribution in [0.1, 0.15) is 54.9 Å². The average Bonchev–Trinajstić information content (AvgIpc) is 3.20. The van der Waals surface area contributed by atoms with Crippen LogP contribution < -0.4 is 5.32 Å². The number of hydrogen-bond acceptors (Lipinski definition) is 11. The van der Waals surface area contributed by atoms with Gasteiger partial charge < -0.3 is 19.9 Å². The second-order valence-electron chi connectivity index (χ2n) is 10.8. The monoisotopic (exact) mass is 655 g/mol. The van der Waals surface area contributed by atoms with Gasteiger partial charge in [0.2, 0.25) is 0 Å². The fourth-order valence-electron chi connectivity index (χ4n) is 4.12. The predicted octanol–water partition coefficient (Wildman–Crippen LogP) is 2.67. The molecule has 1 rings (SSSR count). The van der Waals surface area contributed by atoms with Crippen LogP contribution in [0.15, 0.2) is 36.0 Å². The maximum absolute atomic E-state index is 13.0. The van der Waals surface area contributed by atoms with Crippen molar-refractivity contribution >= 4 is 23.8 Å². The highest BCUT2D eigenvalue weighted by atomic mass is 16.5. The zero-order chi connectivity index (χ0) is 35.5. The number of carboxylic acid groups (broad SMARTS) is 1. The van der Waals surface area contributed by atoms with E-state index in [0.717, 1.165) is 12.0 Å². The maximum Gasteiger partial charge on any atom is 0.319 e. The van der Waals surface area contributed by atoms with Gasteiger partial charge in [0.25, 0.3) is 5.91 Å². The lowest BCUT2D eigenvalue weighted by molar-refractivity contribution is -0.164. The minimum absolute atomic E-state index is 0.00237. The standard InChI is InChI=1S/C29H49N5O8.2C2H6/c1-6-13-31(22-26(36)37)15-17-33(23-28(39)42-5)18-16-32(14-12-30-19-27(38)41-4)21-25(35)34(40)20-24-8-7-10-29(2,3)11-9-24;2*1-2/h7-11,30,40H,6,12-23H2,1-5H3,(H,36,37);2*1-2H3. The summed E-state index contributed by atoms with van der Waals surface area (Å²) in [5, 5.41) is 23.5. The Kier molecular flexibility index (Phi) is 26.5. The number of carboxylic acids is 1. The molecule has 1 aliphatic rings. The molecule has 1 aliphatic carbocycles. The summed E-state index contributed by atoms with van der Waals surface area (Å²) in [4.78, 5) is 53.3. The Labute approximate surface area is 276 Å². The van der Waals surface area contributed by atoms with E-state index < -0.39 is 23.8 Å². The van der Waals surface area contributed by atoms with Crippen molar-refractivity contribution in [2.24, 2.45) is 5.41 Å². The zero-order valence-corrected chi connectivity index (χ0v) is 29.7. The lowest BCUT2D eigenvalue weighted by atomic mass is 9.93. The van der Waals surface area contributed by atoms with Crippen molar-refractivity contribution in [3.8, 4) is 0 Å². The van der Waals surface area contributed by atoms with Gasteiger partial charge in [-0.25, -0.2) is 5.06 Å². The van der Waals surface area contributed by atoms with Gasteiger partial charge in [-0.05, 0) is 18.5 Å². The number of allylic oxidation sites excluding steroid dienone is 4. The van der Waals surface area contributed by atoms with Gasteiger partial charge in [-0.1, -0.05) is 78.8 Å². The molecule has 0 aliphatic heterocycles. The molecule has 0 unspecified atom stereocenters. The first-order valence-electron chi connectivity index (χ1n) is 16.2. The van der Waals surface area contributed by atoms with Crippen molar-refractivity contribution in [3.05, 3.63) is 36.0 Å². The van der Waals surface area contributed by atoms with Gasteiger partial charge in [-0.15, -0.1) is 0 Å². The Morgan fingerprint density at radius 1 is 0.804 bits per heavy atom. The van der Waals surface area contributed by atoms with Crippen LogP contribution in [0.3, 0.4) is 0 Å². The molecule has 266 valence electrons. The number of hydrogen-bond donors (Lipinski definition) is 3. The van der Waals surface area contributed by atoms with E-state index in [0.29, 0.717) is 50.9 Å². The Balaban J connectivity index is 0. The molecule has 0 saturated heterocycles. The zero-order valence-electron chi connectivity index (χ0n) is 29.7. The number of amides is 1. The van der Waals surface area contributed by atoms with Crippen LogP contribution >= 0.6 is 0 Å². The highest BCUT2D eigenvalue weighted by Crippen LogP contribution is 2.22. The summed E-state index contributed by atoms with van der Waals surface area (Å²) < 4.78 is 9.49. The fourth-order valence-corrected chi connectivity index (χ4v) is 4.12. The topological polar surface area (TPSA) is 152 Å². The highest BCUT2D eigenvalue weighted by molar-refractivity contribution is 5.77. The van der Waals surface area contributed by atoms with Crippen molar-refractivity contribution in [2.75, 3.05) is 92.8 Å². The van der Waals surface area contributed by atoms with Crippen LogP contribution in [-0.4, -0.2) is 147 Å². The first kappa shape index (κ1) is 45.0. The highest BCUT2D eigenvalue weighted by Gasteiger charge is 2.20. The van der Waals surface area contributed by atoms with Crippen LogP contribution in [0, 0.1) is 5.41 Å². The van der Waals surface area contributed by atoms with E-state index in [1.165, 1.54) is 14.2 Å². The smallest absolute Gasteiger partial charge is 0.319 e. The van der Waals surface area contributed by atoms with E-state index in [2.05, 4.69) is 23.9 Å². The summed E-state index contributed by atoms with van der Waals surface area (Å²) in [6.07, 6.45) is 10.5. The maximum atomic E-state index is 13.0. The van der Waals surface area contributed by atoms with Gasteiger partial charge in [0.05, 0.1) is 46.9 Å². The molecule has 0 aromatic rings. The lowest BCUT2D eigenvalue weighted by Crippen LogP contribution is -2.47. The molecule has 0 atom stereocenters. The number of nitrogens with one attached hydrogen (secondary N) is 1. The van der Waals surface area contributed by atoms with Crippen molar-refractivity contribution in [1.29, 1.82) is 0 Å². The normalized spacial score (nSPS) is 13.2. The molecule has 0 aromatic heterocycles. The molecule has 0 spiro atoms. The third-order valence-electron chi connectivity index (χ3n) is 6.59. The largest absolute Gasteiger partial charge is 0.480 e. The number of ether oxygens (including phenoxy) is 2. The average molecular weight is 656 g/mol. The number of carbonyl (C=O) groups excluding carboxylic acids is 3. The molecule has 0 bridgehead atoms. The number of methoxy groups -OCH3 is 2. The molecule has 0 fully saturated rings. The van der Waals surface area contributed by atoms with E-state index in [-0.39, 0.29) is 38.1 Å². The second kappa shape index (κ2) is 27.1. The van der Waals surface area contributed by atoms with E-state index in [9.17, 15) is 29.5 Å². The number of hydroxylamine groups is 2. The Morgan fingerprint density at radius 3 is 1.87 bits per heavy atom. The Morgan fingerprint density at radius 2 is 1.35 bits per heavy atom. The minimum atomic E-state index is -0.921. The second-order valence-corrected chi connectivity index (χ2v) is 10.8. The molecule has 0 aromatic carbocycles. The molecular formula is C33H61N5O8. The molecule has 13 nitrogen and oxygen atoms in total. The Hall–Kier alpha value is -3.10. The summed E-state index contributed by atoms with van der Waals surface area (Å²) in [5.41, 5.74) is 0.648. The molecule has 46 heavy (non-hydrogen) atoms.